The SMILES string of the molecule is COc1c(Br)cc(C(C)(C)C)cc1-c1ccc2ccc3ccc(-c4cc(C(C)(C)C)cc(Br)c4OC)nc3c2n1.[Cl][Zn][Cl]. The van der Waals surface area contributed by atoms with Crippen molar-refractivity contribution in [2.75, 3.05) is 14.2 Å². The van der Waals surface area contributed by atoms with Crippen molar-refractivity contribution in [2.45, 2.75) is 52.4 Å². The molecule has 0 amide bonds. The number of hydrogen-bond acceptors (Lipinski definition) is 4. The van der Waals surface area contributed by atoms with Crippen molar-refractivity contribution >= 4 is 73.0 Å². The molecule has 0 fully saturated rings. The van der Waals surface area contributed by atoms with Gasteiger partial charge in [-0.2, -0.15) is 0 Å². The number of fused-ring (bicyclic) bond motifs is 3. The molecule has 0 spiro atoms. The van der Waals surface area contributed by atoms with Crippen LogP contribution in [0.15, 0.2) is 69.6 Å². The Labute approximate surface area is 286 Å². The number of benzene rings is 3. The maximum atomic E-state index is 5.83. The Morgan fingerprint density at radius 1 is 0.605 bits per heavy atom. The summed E-state index contributed by atoms with van der Waals surface area (Å²) in [5.41, 5.74) is 7.61. The molecule has 9 heteroatoms. The van der Waals surface area contributed by atoms with Crippen LogP contribution in [0.4, 0.5) is 0 Å². The van der Waals surface area contributed by atoms with Crippen LogP contribution in [0.2, 0.25) is 0 Å². The summed E-state index contributed by atoms with van der Waals surface area (Å²) < 4.78 is 13.5. The normalized spacial score (nSPS) is 11.6. The van der Waals surface area contributed by atoms with Gasteiger partial charge in [-0.1, -0.05) is 65.8 Å². The van der Waals surface area contributed by atoms with Gasteiger partial charge in [0.15, 0.2) is 0 Å². The van der Waals surface area contributed by atoms with Crippen molar-refractivity contribution in [2.24, 2.45) is 0 Å². The molecular weight excluding hydrogens is 764 g/mol. The van der Waals surface area contributed by atoms with Crippen LogP contribution in [0.25, 0.3) is 44.3 Å². The molecule has 5 aromatic rings. The van der Waals surface area contributed by atoms with Crippen molar-refractivity contribution in [1.29, 1.82) is 0 Å². The summed E-state index contributed by atoms with van der Waals surface area (Å²) in [4.78, 5) is 10.4. The van der Waals surface area contributed by atoms with Crippen molar-refractivity contribution in [3.05, 3.63) is 80.7 Å². The van der Waals surface area contributed by atoms with Crippen LogP contribution in [0.3, 0.4) is 0 Å². The minimum atomic E-state index is -0.931. The van der Waals surface area contributed by atoms with Crippen molar-refractivity contribution in [3.8, 4) is 34.0 Å². The number of methoxy groups -OCH3 is 2. The molecule has 0 radical (unpaired) electrons. The molecule has 3 aromatic carbocycles. The Hall–Kier alpha value is -1.76. The zero-order valence-electron chi connectivity index (χ0n) is 25.7. The Kier molecular flexibility index (Phi) is 10.9. The molecule has 2 aromatic heterocycles. The molecule has 0 aliphatic rings. The number of aromatic nitrogens is 2. The van der Waals surface area contributed by atoms with Crippen LogP contribution in [0, 0.1) is 0 Å². The predicted molar refractivity (Wildman–Crippen MR) is 186 cm³/mol. The summed E-state index contributed by atoms with van der Waals surface area (Å²) in [6.45, 7) is 13.2. The quantitative estimate of drug-likeness (QED) is 0.134. The van der Waals surface area contributed by atoms with Crippen LogP contribution in [0.5, 0.6) is 11.5 Å². The summed E-state index contributed by atoms with van der Waals surface area (Å²) >= 11 is 6.53. The van der Waals surface area contributed by atoms with E-state index in [1.807, 2.05) is 0 Å². The molecule has 0 saturated heterocycles. The summed E-state index contributed by atoms with van der Waals surface area (Å²) in [5, 5.41) is 2.06. The van der Waals surface area contributed by atoms with Gasteiger partial charge in [0.2, 0.25) is 0 Å². The third kappa shape index (κ3) is 7.39. The van der Waals surface area contributed by atoms with E-state index < -0.39 is 15.1 Å². The van der Waals surface area contributed by atoms with Crippen LogP contribution in [-0.4, -0.2) is 24.2 Å². The molecule has 0 atom stereocenters. The van der Waals surface area contributed by atoms with Gasteiger partial charge < -0.3 is 9.47 Å². The number of rotatable bonds is 4. The molecule has 0 aliphatic heterocycles. The van der Waals surface area contributed by atoms with Crippen LogP contribution in [0.1, 0.15) is 52.7 Å². The molecule has 5 rings (SSSR count). The first-order chi connectivity index (χ1) is 20.2. The first-order valence-electron chi connectivity index (χ1n) is 13.8. The number of ether oxygens (including phenoxy) is 2. The Morgan fingerprint density at radius 2 is 0.930 bits per heavy atom. The number of halogens is 4. The second-order valence-corrected chi connectivity index (χ2v) is 18.6. The van der Waals surface area contributed by atoms with Crippen LogP contribution < -0.4 is 9.47 Å². The fraction of sp³-hybridized carbons (Fsp3) is 0.294. The number of nitrogens with zero attached hydrogens (tertiary/aromatic N) is 2. The predicted octanol–water partition coefficient (Wildman–Crippen LogP) is 11.6. The van der Waals surface area contributed by atoms with E-state index in [-0.39, 0.29) is 10.8 Å². The van der Waals surface area contributed by atoms with E-state index in [9.17, 15) is 0 Å². The molecule has 43 heavy (non-hydrogen) atoms. The van der Waals surface area contributed by atoms with Crippen molar-refractivity contribution < 1.29 is 24.6 Å². The van der Waals surface area contributed by atoms with E-state index in [1.54, 1.807) is 14.2 Å². The zero-order valence-corrected chi connectivity index (χ0v) is 33.4. The van der Waals surface area contributed by atoms with Gasteiger partial charge >= 0.3 is 34.5 Å². The van der Waals surface area contributed by atoms with Gasteiger partial charge in [0.05, 0.1) is 45.6 Å². The van der Waals surface area contributed by atoms with Gasteiger partial charge in [0, 0.05) is 21.9 Å². The number of pyridine rings is 2. The summed E-state index contributed by atoms with van der Waals surface area (Å²) in [7, 11) is 13.3. The summed E-state index contributed by atoms with van der Waals surface area (Å²) in [6, 6.07) is 21.2. The molecule has 4 nitrogen and oxygen atoms in total. The van der Waals surface area contributed by atoms with E-state index in [1.165, 1.54) is 11.1 Å². The molecule has 0 saturated carbocycles. The molecule has 0 unspecified atom stereocenters. The third-order valence-electron chi connectivity index (χ3n) is 7.30. The van der Waals surface area contributed by atoms with Crippen LogP contribution in [-0.2, 0) is 26.0 Å². The van der Waals surface area contributed by atoms with E-state index in [2.05, 4.69) is 134 Å². The molecule has 2 heterocycles. The minimum absolute atomic E-state index is 0.0293. The average molecular weight is 799 g/mol. The molecule has 0 aliphatic carbocycles. The summed E-state index contributed by atoms with van der Waals surface area (Å²) in [5.74, 6) is 1.53. The van der Waals surface area contributed by atoms with Gasteiger partial charge in [0.1, 0.15) is 11.5 Å². The average Bonchev–Trinajstić information content (AvgIpc) is 2.95. The van der Waals surface area contributed by atoms with E-state index in [0.29, 0.717) is 0 Å². The van der Waals surface area contributed by atoms with E-state index in [4.69, 9.17) is 38.8 Å². The second-order valence-electron chi connectivity index (χ2n) is 12.3. The Morgan fingerprint density at radius 3 is 1.23 bits per heavy atom. The molecule has 0 N–H and O–H groups in total. The Balaban J connectivity index is 0.00000135. The zero-order chi connectivity index (χ0) is 31.7. The second kappa shape index (κ2) is 13.7. The standard InChI is InChI=1S/C34H34Br2N2O2.2ClH.Zn/c1-33(2,3)21-15-23(31(39-7)25(35)17-21)27-13-11-19-9-10-20-12-14-28(38-30(20)29(19)37-27)24-16-22(34(4,5)6)18-26(36)32(24)40-8;;;/h9-18H,1-8H3;2*1H;/q;;;+2/p-2. The molecule has 0 bridgehead atoms. The Bertz CT molecular complexity index is 1670. The number of hydrogen-bond donors (Lipinski definition) is 0. The monoisotopic (exact) mass is 794 g/mol. The van der Waals surface area contributed by atoms with Gasteiger partial charge in [-0.25, -0.2) is 9.97 Å². The topological polar surface area (TPSA) is 44.2 Å². The fourth-order valence-corrected chi connectivity index (χ4v) is 6.16. The van der Waals surface area contributed by atoms with E-state index in [0.717, 1.165) is 64.8 Å². The van der Waals surface area contributed by atoms with Crippen molar-refractivity contribution in [3.63, 3.8) is 0 Å². The third-order valence-corrected chi connectivity index (χ3v) is 8.48. The maximum absolute atomic E-state index is 5.83. The summed E-state index contributed by atoms with van der Waals surface area (Å²) in [6.07, 6.45) is 0. The molecular formula is C34H34Br2Cl2N2O2Zn. The van der Waals surface area contributed by atoms with E-state index >= 15 is 0 Å². The first kappa shape index (κ1) is 34.1. The fourth-order valence-electron chi connectivity index (χ4n) is 4.92. The van der Waals surface area contributed by atoms with Gasteiger partial charge in [-0.15, -0.1) is 0 Å². The van der Waals surface area contributed by atoms with Crippen molar-refractivity contribution in [1.82, 2.24) is 9.97 Å². The van der Waals surface area contributed by atoms with Gasteiger partial charge in [-0.3, -0.25) is 0 Å². The molecule has 222 valence electrons. The van der Waals surface area contributed by atoms with Gasteiger partial charge in [0.25, 0.3) is 0 Å². The first-order valence-corrected chi connectivity index (χ1v) is 23.2. The van der Waals surface area contributed by atoms with Crippen LogP contribution >= 0.6 is 51.2 Å². The van der Waals surface area contributed by atoms with Gasteiger partial charge in [-0.05, 0) is 90.2 Å².